The molecular formula is C6H7N2. The highest BCUT2D eigenvalue weighted by Gasteiger charge is 1.79. The molecule has 1 rings (SSSR count). The van der Waals surface area contributed by atoms with Crippen LogP contribution in [0.5, 0.6) is 0 Å². The summed E-state index contributed by atoms with van der Waals surface area (Å²) >= 11 is 0. The summed E-state index contributed by atoms with van der Waals surface area (Å²) in [5.74, 6) is 0. The Hall–Kier alpha value is -1.05. The third-order valence-electron chi connectivity index (χ3n) is 0.852. The second-order valence-electron chi connectivity index (χ2n) is 1.46. The summed E-state index contributed by atoms with van der Waals surface area (Å²) in [7, 11) is 0. The summed E-state index contributed by atoms with van der Waals surface area (Å²) < 4.78 is 1.75. The van der Waals surface area contributed by atoms with E-state index in [0.29, 0.717) is 6.54 Å². The Balaban J connectivity index is 2.62. The Morgan fingerprint density at radius 1 is 1.75 bits per heavy atom. The van der Waals surface area contributed by atoms with Crippen LogP contribution in [0, 0.1) is 6.58 Å². The molecule has 1 aromatic heterocycles. The van der Waals surface area contributed by atoms with Crippen LogP contribution in [0.1, 0.15) is 0 Å². The predicted octanol–water partition coefficient (Wildman–Crippen LogP) is 0.872. The van der Waals surface area contributed by atoms with E-state index in [1.165, 1.54) is 0 Å². The van der Waals surface area contributed by atoms with Crippen LogP contribution >= 0.6 is 0 Å². The zero-order valence-electron chi connectivity index (χ0n) is 4.49. The van der Waals surface area contributed by atoms with E-state index in [-0.39, 0.29) is 0 Å². The molecule has 0 aromatic carbocycles. The van der Waals surface area contributed by atoms with Crippen molar-refractivity contribution in [3.05, 3.63) is 31.1 Å². The molecule has 0 atom stereocenters. The van der Waals surface area contributed by atoms with Crippen LogP contribution in [-0.4, -0.2) is 9.78 Å². The van der Waals surface area contributed by atoms with Gasteiger partial charge >= 0.3 is 0 Å². The van der Waals surface area contributed by atoms with Crippen molar-refractivity contribution in [2.24, 2.45) is 0 Å². The van der Waals surface area contributed by atoms with E-state index in [0.717, 1.165) is 0 Å². The molecule has 0 saturated carbocycles. The Morgan fingerprint density at radius 2 is 2.62 bits per heavy atom. The van der Waals surface area contributed by atoms with Crippen molar-refractivity contribution in [3.63, 3.8) is 0 Å². The van der Waals surface area contributed by atoms with Crippen molar-refractivity contribution < 1.29 is 0 Å². The lowest BCUT2D eigenvalue weighted by Gasteiger charge is -1.89. The third-order valence-corrected chi connectivity index (χ3v) is 0.852. The molecule has 0 aliphatic rings. The van der Waals surface area contributed by atoms with Crippen LogP contribution in [-0.2, 0) is 6.54 Å². The maximum atomic E-state index is 5.13. The van der Waals surface area contributed by atoms with Crippen molar-refractivity contribution in [2.75, 3.05) is 0 Å². The van der Waals surface area contributed by atoms with E-state index in [1.54, 1.807) is 17.0 Å². The number of aromatic nitrogens is 2. The zero-order valence-corrected chi connectivity index (χ0v) is 4.49. The smallest absolute Gasteiger partial charge is 0.0592 e. The average Bonchev–Trinajstić information content (AvgIpc) is 2.19. The molecule has 0 unspecified atom stereocenters. The van der Waals surface area contributed by atoms with Gasteiger partial charge in [0.1, 0.15) is 0 Å². The normalized spacial score (nSPS) is 9.00. The third kappa shape index (κ3) is 0.964. The summed E-state index contributed by atoms with van der Waals surface area (Å²) in [6.07, 6.45) is 5.15. The van der Waals surface area contributed by atoms with Crippen LogP contribution in [0.2, 0.25) is 0 Å². The summed E-state index contributed by atoms with van der Waals surface area (Å²) in [5.41, 5.74) is 0. The Bertz CT molecular complexity index is 153. The van der Waals surface area contributed by atoms with Crippen LogP contribution in [0.25, 0.3) is 0 Å². The van der Waals surface area contributed by atoms with Gasteiger partial charge in [-0.1, -0.05) is 12.7 Å². The molecule has 1 heterocycles. The first-order valence-corrected chi connectivity index (χ1v) is 2.44. The molecule has 8 heavy (non-hydrogen) atoms. The Kier molecular flexibility index (Phi) is 1.47. The monoisotopic (exact) mass is 107 g/mol. The molecule has 41 valence electrons. The van der Waals surface area contributed by atoms with E-state index in [2.05, 4.69) is 5.10 Å². The molecule has 0 N–H and O–H groups in total. The standard InChI is InChI=1S/C6H7N2/c1-2-5-8-6-3-4-7-8/h1-4,6H,5H2. The van der Waals surface area contributed by atoms with Crippen LogP contribution in [0.3, 0.4) is 0 Å². The molecule has 0 bridgehead atoms. The molecule has 2 nitrogen and oxygen atoms in total. The fourth-order valence-corrected chi connectivity index (χ4v) is 0.516. The van der Waals surface area contributed by atoms with Gasteiger partial charge in [0.15, 0.2) is 0 Å². The van der Waals surface area contributed by atoms with E-state index in [4.69, 9.17) is 6.58 Å². The molecule has 0 amide bonds. The van der Waals surface area contributed by atoms with Crippen LogP contribution < -0.4 is 0 Å². The van der Waals surface area contributed by atoms with Crippen molar-refractivity contribution in [2.45, 2.75) is 6.54 Å². The maximum Gasteiger partial charge on any atom is 0.0592 e. The van der Waals surface area contributed by atoms with E-state index in [9.17, 15) is 0 Å². The van der Waals surface area contributed by atoms with E-state index < -0.39 is 0 Å². The molecule has 0 aliphatic heterocycles. The highest BCUT2D eigenvalue weighted by Crippen LogP contribution is 1.82. The van der Waals surface area contributed by atoms with E-state index >= 15 is 0 Å². The molecule has 1 radical (unpaired) electrons. The minimum atomic E-state index is 0.688. The van der Waals surface area contributed by atoms with Crippen molar-refractivity contribution in [3.8, 4) is 0 Å². The van der Waals surface area contributed by atoms with Gasteiger partial charge in [-0.2, -0.15) is 5.10 Å². The fraction of sp³-hybridized carbons (Fsp3) is 0.167. The summed E-state index contributed by atoms with van der Waals surface area (Å²) in [6.45, 7) is 5.82. The van der Waals surface area contributed by atoms with Gasteiger partial charge in [0.05, 0.1) is 6.54 Å². The first kappa shape index (κ1) is 5.09. The lowest BCUT2D eigenvalue weighted by Crippen LogP contribution is -1.93. The van der Waals surface area contributed by atoms with Crippen molar-refractivity contribution >= 4 is 0 Å². The molecule has 0 saturated heterocycles. The topological polar surface area (TPSA) is 17.8 Å². The van der Waals surface area contributed by atoms with Gasteiger partial charge < -0.3 is 0 Å². The second kappa shape index (κ2) is 2.31. The zero-order chi connectivity index (χ0) is 5.82. The minimum absolute atomic E-state index is 0.688. The molecular weight excluding hydrogens is 100 g/mol. The number of nitrogens with zero attached hydrogens (tertiary/aromatic N) is 2. The maximum absolute atomic E-state index is 5.13. The Labute approximate surface area is 48.4 Å². The number of allylic oxidation sites excluding steroid dienone is 1. The SMILES string of the molecule is [CH]=CCn1cccn1. The fourth-order valence-electron chi connectivity index (χ4n) is 0.516. The van der Waals surface area contributed by atoms with E-state index in [1.807, 2.05) is 12.3 Å². The molecule has 0 spiro atoms. The van der Waals surface area contributed by atoms with Gasteiger partial charge in [-0.25, -0.2) is 0 Å². The Morgan fingerprint density at radius 3 is 3.12 bits per heavy atom. The minimum Gasteiger partial charge on any atom is -0.269 e. The summed E-state index contributed by atoms with van der Waals surface area (Å²) in [5, 5.41) is 3.91. The van der Waals surface area contributed by atoms with Crippen LogP contribution in [0.15, 0.2) is 24.5 Å². The first-order chi connectivity index (χ1) is 3.93. The van der Waals surface area contributed by atoms with Gasteiger partial charge in [0.2, 0.25) is 0 Å². The van der Waals surface area contributed by atoms with Gasteiger partial charge in [-0.15, -0.1) is 0 Å². The quantitative estimate of drug-likeness (QED) is 0.548. The number of rotatable bonds is 2. The largest absolute Gasteiger partial charge is 0.269 e. The van der Waals surface area contributed by atoms with Gasteiger partial charge in [0.25, 0.3) is 0 Å². The number of hydrogen-bond acceptors (Lipinski definition) is 1. The molecule has 1 aromatic rings. The second-order valence-corrected chi connectivity index (χ2v) is 1.46. The highest BCUT2D eigenvalue weighted by atomic mass is 15.3. The lowest BCUT2D eigenvalue weighted by molar-refractivity contribution is 0.702. The summed E-state index contributed by atoms with van der Waals surface area (Å²) in [4.78, 5) is 0. The summed E-state index contributed by atoms with van der Waals surface area (Å²) in [6, 6.07) is 1.86. The van der Waals surface area contributed by atoms with Gasteiger partial charge in [0, 0.05) is 12.4 Å². The van der Waals surface area contributed by atoms with Crippen molar-refractivity contribution in [1.82, 2.24) is 9.78 Å². The molecule has 0 fully saturated rings. The molecule has 2 heteroatoms. The van der Waals surface area contributed by atoms with Crippen molar-refractivity contribution in [1.29, 1.82) is 0 Å². The number of hydrogen-bond donors (Lipinski definition) is 0. The average molecular weight is 107 g/mol. The first-order valence-electron chi connectivity index (χ1n) is 2.44. The van der Waals surface area contributed by atoms with Gasteiger partial charge in [-0.3, -0.25) is 4.68 Å². The van der Waals surface area contributed by atoms with Gasteiger partial charge in [-0.05, 0) is 6.07 Å². The highest BCUT2D eigenvalue weighted by molar-refractivity contribution is 4.79. The van der Waals surface area contributed by atoms with Crippen LogP contribution in [0.4, 0.5) is 0 Å². The predicted molar refractivity (Wildman–Crippen MR) is 31.1 cm³/mol. The lowest BCUT2D eigenvalue weighted by atomic mass is 10.6. The molecule has 0 aliphatic carbocycles.